The zero-order valence-electron chi connectivity index (χ0n) is 23.7. The molecule has 0 radical (unpaired) electrons. The van der Waals surface area contributed by atoms with Gasteiger partial charge in [-0.3, -0.25) is 4.98 Å². The summed E-state index contributed by atoms with van der Waals surface area (Å²) in [6, 6.07) is 50.5. The highest BCUT2D eigenvalue weighted by Crippen LogP contribution is 2.46. The van der Waals surface area contributed by atoms with Crippen LogP contribution in [0.4, 0.5) is 0 Å². The van der Waals surface area contributed by atoms with Gasteiger partial charge in [-0.25, -0.2) is 0 Å². The molecule has 6 aromatic carbocycles. The van der Waals surface area contributed by atoms with E-state index in [0.29, 0.717) is 0 Å². The Kier molecular flexibility index (Phi) is 5.50. The van der Waals surface area contributed by atoms with Crippen LogP contribution in [0.25, 0.3) is 88.5 Å². The molecule has 0 aliphatic heterocycles. The Morgan fingerprint density at radius 1 is 0.364 bits per heavy atom. The first-order chi connectivity index (χ1) is 21.8. The molecule has 0 atom stereocenters. The molecule has 3 heteroatoms. The standard InChI is InChI=1S/C41H25NO2/c1-4-10-26(11-5-1)29-16-18-32-35(23-29)43-37-25-38-41(33-19-17-30(24-36(33)44-38)27-12-6-2-7-13-27)39(40(32)37)31-20-21-42-34(22-31)28-14-8-3-9-15-28/h1-25H. The van der Waals surface area contributed by atoms with Gasteiger partial charge in [0.1, 0.15) is 22.3 Å². The second-order valence-corrected chi connectivity index (χ2v) is 11.2. The van der Waals surface area contributed by atoms with Gasteiger partial charge in [-0.05, 0) is 64.2 Å². The molecule has 3 nitrogen and oxygen atoms in total. The van der Waals surface area contributed by atoms with Gasteiger partial charge in [0.25, 0.3) is 0 Å². The summed E-state index contributed by atoms with van der Waals surface area (Å²) in [5.74, 6) is 0. The minimum absolute atomic E-state index is 0.799. The maximum absolute atomic E-state index is 6.61. The normalized spacial score (nSPS) is 11.6. The lowest BCUT2D eigenvalue weighted by Crippen LogP contribution is -1.87. The van der Waals surface area contributed by atoms with Crippen molar-refractivity contribution in [3.63, 3.8) is 0 Å². The molecule has 9 rings (SSSR count). The number of aromatic nitrogens is 1. The van der Waals surface area contributed by atoms with E-state index in [1.54, 1.807) is 0 Å². The van der Waals surface area contributed by atoms with Crippen molar-refractivity contribution in [1.82, 2.24) is 4.98 Å². The van der Waals surface area contributed by atoms with Crippen LogP contribution < -0.4 is 0 Å². The zero-order chi connectivity index (χ0) is 29.0. The quantitative estimate of drug-likeness (QED) is 0.214. The van der Waals surface area contributed by atoms with Crippen molar-refractivity contribution < 1.29 is 8.83 Å². The zero-order valence-corrected chi connectivity index (χ0v) is 23.7. The van der Waals surface area contributed by atoms with E-state index in [1.165, 1.54) is 0 Å². The highest BCUT2D eigenvalue weighted by molar-refractivity contribution is 6.25. The van der Waals surface area contributed by atoms with Crippen LogP contribution >= 0.6 is 0 Å². The fraction of sp³-hybridized carbons (Fsp3) is 0. The van der Waals surface area contributed by atoms with E-state index in [4.69, 9.17) is 13.8 Å². The molecule has 0 fully saturated rings. The predicted molar refractivity (Wildman–Crippen MR) is 181 cm³/mol. The molecule has 0 N–H and O–H groups in total. The Morgan fingerprint density at radius 3 is 1.39 bits per heavy atom. The second-order valence-electron chi connectivity index (χ2n) is 11.2. The van der Waals surface area contributed by atoms with E-state index < -0.39 is 0 Å². The molecule has 3 aromatic heterocycles. The lowest BCUT2D eigenvalue weighted by atomic mass is 9.93. The summed E-state index contributed by atoms with van der Waals surface area (Å²) in [5, 5.41) is 4.30. The summed E-state index contributed by atoms with van der Waals surface area (Å²) in [6.07, 6.45) is 1.90. The molecular weight excluding hydrogens is 538 g/mol. The maximum atomic E-state index is 6.61. The van der Waals surface area contributed by atoms with Gasteiger partial charge in [0.05, 0.1) is 5.69 Å². The number of hydrogen-bond donors (Lipinski definition) is 0. The molecule has 206 valence electrons. The molecule has 44 heavy (non-hydrogen) atoms. The Bertz CT molecular complexity index is 2340. The minimum atomic E-state index is 0.799. The molecule has 0 aliphatic carbocycles. The molecule has 0 spiro atoms. The molecule has 0 saturated heterocycles. The Hall–Kier alpha value is -5.93. The maximum Gasteiger partial charge on any atom is 0.139 e. The third kappa shape index (κ3) is 3.94. The first-order valence-corrected chi connectivity index (χ1v) is 14.8. The fourth-order valence-corrected chi connectivity index (χ4v) is 6.46. The highest BCUT2D eigenvalue weighted by atomic mass is 16.3. The van der Waals surface area contributed by atoms with Crippen molar-refractivity contribution in [2.45, 2.75) is 0 Å². The number of fused-ring (bicyclic) bond motifs is 6. The molecule has 0 amide bonds. The summed E-state index contributed by atoms with van der Waals surface area (Å²) in [6.45, 7) is 0. The first-order valence-electron chi connectivity index (χ1n) is 14.8. The largest absolute Gasteiger partial charge is 0.456 e. The molecule has 0 saturated carbocycles. The van der Waals surface area contributed by atoms with Crippen LogP contribution in [0.5, 0.6) is 0 Å². The van der Waals surface area contributed by atoms with Crippen molar-refractivity contribution >= 4 is 43.9 Å². The average Bonchev–Trinajstić information content (AvgIpc) is 3.65. The van der Waals surface area contributed by atoms with Gasteiger partial charge in [0, 0.05) is 44.9 Å². The molecule has 0 aliphatic rings. The SMILES string of the molecule is c1ccc(-c2ccc3c(c2)oc2cc4oc5cc(-c6ccccc6)ccc5c4c(-c4ccnc(-c5ccccc5)c4)c23)cc1. The summed E-state index contributed by atoms with van der Waals surface area (Å²) < 4.78 is 13.2. The molecule has 3 heterocycles. The van der Waals surface area contributed by atoms with Crippen molar-refractivity contribution in [2.75, 3.05) is 0 Å². The molecule has 0 bridgehead atoms. The van der Waals surface area contributed by atoms with Crippen LogP contribution in [-0.2, 0) is 0 Å². The van der Waals surface area contributed by atoms with Gasteiger partial charge < -0.3 is 8.83 Å². The highest BCUT2D eigenvalue weighted by Gasteiger charge is 2.22. The number of hydrogen-bond acceptors (Lipinski definition) is 3. The van der Waals surface area contributed by atoms with Crippen molar-refractivity contribution in [3.8, 4) is 44.6 Å². The van der Waals surface area contributed by atoms with Crippen LogP contribution in [-0.4, -0.2) is 4.98 Å². The lowest BCUT2D eigenvalue weighted by molar-refractivity contribution is 0.656. The third-order valence-electron chi connectivity index (χ3n) is 8.53. The van der Waals surface area contributed by atoms with Crippen molar-refractivity contribution in [2.24, 2.45) is 0 Å². The molecular formula is C41H25NO2. The van der Waals surface area contributed by atoms with E-state index in [0.717, 1.165) is 88.5 Å². The first kappa shape index (κ1) is 24.6. The van der Waals surface area contributed by atoms with Gasteiger partial charge in [-0.2, -0.15) is 0 Å². The van der Waals surface area contributed by atoms with Crippen LogP contribution in [0.15, 0.2) is 161 Å². The molecule has 0 unspecified atom stereocenters. The van der Waals surface area contributed by atoms with E-state index >= 15 is 0 Å². The van der Waals surface area contributed by atoms with Gasteiger partial charge in [0.15, 0.2) is 0 Å². The van der Waals surface area contributed by atoms with Crippen LogP contribution in [0.3, 0.4) is 0 Å². The fourth-order valence-electron chi connectivity index (χ4n) is 6.46. The van der Waals surface area contributed by atoms with Crippen molar-refractivity contribution in [1.29, 1.82) is 0 Å². The van der Waals surface area contributed by atoms with Crippen LogP contribution in [0.1, 0.15) is 0 Å². The Balaban J connectivity index is 1.35. The Labute approximate surface area is 253 Å². The summed E-state index contributed by atoms with van der Waals surface area (Å²) in [4.78, 5) is 4.74. The van der Waals surface area contributed by atoms with E-state index in [1.807, 2.05) is 36.5 Å². The van der Waals surface area contributed by atoms with Gasteiger partial charge >= 0.3 is 0 Å². The second kappa shape index (κ2) is 9.82. The Morgan fingerprint density at radius 2 is 0.864 bits per heavy atom. The van der Waals surface area contributed by atoms with Gasteiger partial charge in [-0.1, -0.05) is 103 Å². The summed E-state index contributed by atoms with van der Waals surface area (Å²) in [7, 11) is 0. The third-order valence-corrected chi connectivity index (χ3v) is 8.53. The monoisotopic (exact) mass is 563 g/mol. The number of benzene rings is 6. The van der Waals surface area contributed by atoms with Crippen LogP contribution in [0, 0.1) is 0 Å². The summed E-state index contributed by atoms with van der Waals surface area (Å²) >= 11 is 0. The lowest BCUT2D eigenvalue weighted by Gasteiger charge is -2.09. The average molecular weight is 564 g/mol. The van der Waals surface area contributed by atoms with Gasteiger partial charge in [0.2, 0.25) is 0 Å². The van der Waals surface area contributed by atoms with E-state index in [9.17, 15) is 0 Å². The van der Waals surface area contributed by atoms with E-state index in [-0.39, 0.29) is 0 Å². The predicted octanol–water partition coefficient (Wildman–Crippen LogP) is 11.5. The van der Waals surface area contributed by atoms with Crippen LogP contribution in [0.2, 0.25) is 0 Å². The number of rotatable bonds is 4. The van der Waals surface area contributed by atoms with Crippen molar-refractivity contribution in [3.05, 3.63) is 152 Å². The topological polar surface area (TPSA) is 39.2 Å². The van der Waals surface area contributed by atoms with Gasteiger partial charge in [-0.15, -0.1) is 0 Å². The number of pyridine rings is 1. The number of furan rings is 2. The molecule has 9 aromatic rings. The van der Waals surface area contributed by atoms with E-state index in [2.05, 4.69) is 115 Å². The smallest absolute Gasteiger partial charge is 0.139 e. The summed E-state index contributed by atoms with van der Waals surface area (Å²) in [5.41, 5.74) is 12.0. The number of nitrogens with zero attached hydrogens (tertiary/aromatic N) is 1. The minimum Gasteiger partial charge on any atom is -0.456 e.